The van der Waals surface area contributed by atoms with E-state index in [0.717, 1.165) is 32.1 Å². The van der Waals surface area contributed by atoms with Gasteiger partial charge in [0.25, 0.3) is 0 Å². The highest BCUT2D eigenvalue weighted by Crippen LogP contribution is 2.32. The Bertz CT molecular complexity index is 314. The average Bonchev–Trinajstić information content (AvgIpc) is 2.83. The van der Waals surface area contributed by atoms with E-state index >= 15 is 0 Å². The molecule has 0 amide bonds. The zero-order chi connectivity index (χ0) is 14.9. The van der Waals surface area contributed by atoms with Crippen LogP contribution in [-0.2, 0) is 4.79 Å². The van der Waals surface area contributed by atoms with Crippen LogP contribution in [0.1, 0.15) is 83.5 Å². The van der Waals surface area contributed by atoms with Crippen LogP contribution in [0, 0.1) is 5.92 Å². The fraction of sp³-hybridized carbons (Fsp3) is 0.842. The van der Waals surface area contributed by atoms with Crippen LogP contribution >= 0.6 is 0 Å². The zero-order valence-corrected chi connectivity index (χ0v) is 13.6. The first-order valence-corrected chi connectivity index (χ1v) is 9.19. The molecule has 0 aliphatic carbocycles. The number of ketones is 1. The molecule has 2 bridgehead atoms. The largest absolute Gasteiger partial charge is 0.311 e. The smallest absolute Gasteiger partial charge is 0.136 e. The van der Waals surface area contributed by atoms with Gasteiger partial charge in [-0.25, -0.2) is 0 Å². The van der Waals surface area contributed by atoms with Crippen molar-refractivity contribution in [3.63, 3.8) is 0 Å². The lowest BCUT2D eigenvalue weighted by Crippen LogP contribution is -2.40. The number of hydrogen-bond donors (Lipinski definition) is 1. The predicted octanol–water partition coefficient (Wildman–Crippen LogP) is 4.78. The molecule has 2 fully saturated rings. The van der Waals surface area contributed by atoms with E-state index in [2.05, 4.69) is 11.9 Å². The van der Waals surface area contributed by atoms with E-state index in [0.29, 0.717) is 23.8 Å². The van der Waals surface area contributed by atoms with Gasteiger partial charge >= 0.3 is 0 Å². The number of allylic oxidation sites excluding steroid dienone is 1. The van der Waals surface area contributed by atoms with Crippen molar-refractivity contribution in [2.24, 2.45) is 5.92 Å². The zero-order valence-electron chi connectivity index (χ0n) is 13.6. The van der Waals surface area contributed by atoms with Gasteiger partial charge in [0.15, 0.2) is 0 Å². The lowest BCUT2D eigenvalue weighted by molar-refractivity contribution is -0.124. The van der Waals surface area contributed by atoms with Crippen molar-refractivity contribution in [3.8, 4) is 0 Å². The molecule has 2 rings (SSSR count). The number of nitrogens with one attached hydrogen (secondary N) is 1. The van der Waals surface area contributed by atoms with Crippen LogP contribution in [0.5, 0.6) is 0 Å². The number of rotatable bonds is 11. The molecule has 0 spiro atoms. The van der Waals surface area contributed by atoms with Crippen molar-refractivity contribution < 1.29 is 4.79 Å². The summed E-state index contributed by atoms with van der Waals surface area (Å²) in [6, 6.07) is 1.29. The first-order valence-electron chi connectivity index (χ1n) is 9.19. The molecule has 0 saturated carbocycles. The first kappa shape index (κ1) is 16.7. The van der Waals surface area contributed by atoms with Gasteiger partial charge in [-0.15, -0.1) is 6.58 Å². The molecule has 1 N–H and O–H groups in total. The van der Waals surface area contributed by atoms with Crippen LogP contribution in [0.2, 0.25) is 0 Å². The predicted molar refractivity (Wildman–Crippen MR) is 89.4 cm³/mol. The topological polar surface area (TPSA) is 29.1 Å². The minimum atomic E-state index is 0.377. The van der Waals surface area contributed by atoms with E-state index in [4.69, 9.17) is 0 Å². The highest BCUT2D eigenvalue weighted by Gasteiger charge is 2.35. The van der Waals surface area contributed by atoms with Crippen molar-refractivity contribution in [2.45, 2.75) is 95.6 Å². The van der Waals surface area contributed by atoms with Crippen molar-refractivity contribution in [2.75, 3.05) is 0 Å². The summed E-state index contributed by atoms with van der Waals surface area (Å²) in [5, 5.41) is 3.62. The van der Waals surface area contributed by atoms with Crippen LogP contribution in [0.25, 0.3) is 0 Å². The van der Waals surface area contributed by atoms with Crippen molar-refractivity contribution in [3.05, 3.63) is 12.7 Å². The van der Waals surface area contributed by atoms with Gasteiger partial charge in [-0.2, -0.15) is 0 Å². The van der Waals surface area contributed by atoms with Crippen molar-refractivity contribution >= 4 is 5.78 Å². The third-order valence-electron chi connectivity index (χ3n) is 5.26. The molecule has 2 unspecified atom stereocenters. The Kier molecular flexibility index (Phi) is 7.49. The summed E-state index contributed by atoms with van der Waals surface area (Å²) >= 11 is 0. The van der Waals surface area contributed by atoms with Crippen LogP contribution < -0.4 is 5.32 Å². The molecule has 2 heterocycles. The van der Waals surface area contributed by atoms with Gasteiger partial charge in [0.2, 0.25) is 0 Å². The quantitative estimate of drug-likeness (QED) is 0.438. The number of fused-ring (bicyclic) bond motifs is 2. The van der Waals surface area contributed by atoms with Gasteiger partial charge in [0.05, 0.1) is 0 Å². The van der Waals surface area contributed by atoms with E-state index in [9.17, 15) is 4.79 Å². The lowest BCUT2D eigenvalue weighted by atomic mass is 9.87. The summed E-state index contributed by atoms with van der Waals surface area (Å²) in [4.78, 5) is 12.3. The second-order valence-electron chi connectivity index (χ2n) is 7.07. The average molecular weight is 291 g/mol. The molecule has 2 aliphatic heterocycles. The maximum atomic E-state index is 12.3. The Balaban J connectivity index is 1.45. The normalized spacial score (nSPS) is 27.7. The molecule has 21 heavy (non-hydrogen) atoms. The number of unbranched alkanes of at least 4 members (excludes halogenated alkanes) is 7. The summed E-state index contributed by atoms with van der Waals surface area (Å²) in [6.07, 6.45) is 17.8. The fourth-order valence-electron chi connectivity index (χ4n) is 4.00. The molecule has 120 valence electrons. The molecule has 0 aromatic heterocycles. The van der Waals surface area contributed by atoms with E-state index in [1.165, 1.54) is 51.4 Å². The summed E-state index contributed by atoms with van der Waals surface area (Å²) in [7, 11) is 0. The maximum Gasteiger partial charge on any atom is 0.136 e. The van der Waals surface area contributed by atoms with Crippen LogP contribution in [-0.4, -0.2) is 17.9 Å². The summed E-state index contributed by atoms with van der Waals surface area (Å²) in [5.74, 6) is 0.932. The Morgan fingerprint density at radius 2 is 1.52 bits per heavy atom. The first-order chi connectivity index (χ1) is 10.3. The van der Waals surface area contributed by atoms with E-state index in [1.54, 1.807) is 0 Å². The lowest BCUT2D eigenvalue weighted by Gasteiger charge is -2.28. The highest BCUT2D eigenvalue weighted by atomic mass is 16.1. The minimum Gasteiger partial charge on any atom is -0.311 e. The van der Waals surface area contributed by atoms with E-state index < -0.39 is 0 Å². The molecule has 0 aromatic rings. The summed E-state index contributed by atoms with van der Waals surface area (Å²) in [6.45, 7) is 3.75. The van der Waals surface area contributed by atoms with Crippen molar-refractivity contribution in [1.82, 2.24) is 5.32 Å². The van der Waals surface area contributed by atoms with Gasteiger partial charge in [0, 0.05) is 24.4 Å². The van der Waals surface area contributed by atoms with Gasteiger partial charge < -0.3 is 5.32 Å². The van der Waals surface area contributed by atoms with Gasteiger partial charge in [0.1, 0.15) is 5.78 Å². The third-order valence-corrected chi connectivity index (χ3v) is 5.26. The van der Waals surface area contributed by atoms with Crippen molar-refractivity contribution in [1.29, 1.82) is 0 Å². The number of carbonyl (C=O) groups excluding carboxylic acids is 1. The fourth-order valence-corrected chi connectivity index (χ4v) is 4.00. The van der Waals surface area contributed by atoms with E-state index in [-0.39, 0.29) is 0 Å². The number of carbonyl (C=O) groups is 1. The summed E-state index contributed by atoms with van der Waals surface area (Å²) in [5.41, 5.74) is 0. The maximum absolute atomic E-state index is 12.3. The molecule has 2 aliphatic rings. The van der Waals surface area contributed by atoms with Crippen LogP contribution in [0.15, 0.2) is 12.7 Å². The number of piperidine rings is 1. The monoisotopic (exact) mass is 291 g/mol. The van der Waals surface area contributed by atoms with Crippen LogP contribution in [0.3, 0.4) is 0 Å². The Hall–Kier alpha value is -0.630. The second-order valence-corrected chi connectivity index (χ2v) is 7.07. The second kappa shape index (κ2) is 9.40. The molecular weight excluding hydrogens is 258 g/mol. The number of Topliss-reactive ketones (excluding diaryl/α,β-unsaturated/α-hetero) is 1. The van der Waals surface area contributed by atoms with Gasteiger partial charge in [-0.05, 0) is 44.9 Å². The standard InChI is InChI=1S/C19H33NO/c1-2-3-4-5-6-7-8-9-10-11-19(21)16-14-17-12-13-18(15-16)20-17/h2,16-18,20H,1,3-15H2. The molecule has 2 nitrogen and oxygen atoms in total. The SMILES string of the molecule is C=CCCCCCCCCCC(=O)C1CC2CCC(C1)N2. The van der Waals surface area contributed by atoms with Gasteiger partial charge in [-0.3, -0.25) is 4.79 Å². The Morgan fingerprint density at radius 3 is 2.14 bits per heavy atom. The molecule has 0 aromatic carbocycles. The number of hydrogen-bond acceptors (Lipinski definition) is 2. The molecule has 0 radical (unpaired) electrons. The molecule has 2 saturated heterocycles. The Labute approximate surface area is 130 Å². The van der Waals surface area contributed by atoms with Crippen LogP contribution in [0.4, 0.5) is 0 Å². The Morgan fingerprint density at radius 1 is 0.952 bits per heavy atom. The minimum absolute atomic E-state index is 0.377. The molecule has 2 heteroatoms. The van der Waals surface area contributed by atoms with Gasteiger partial charge in [-0.1, -0.05) is 38.2 Å². The van der Waals surface area contributed by atoms with E-state index in [1.807, 2.05) is 6.08 Å². The third kappa shape index (κ3) is 5.94. The highest BCUT2D eigenvalue weighted by molar-refractivity contribution is 5.81. The summed E-state index contributed by atoms with van der Waals surface area (Å²) < 4.78 is 0. The molecular formula is C19H33NO. The molecule has 2 atom stereocenters.